The lowest BCUT2D eigenvalue weighted by atomic mass is 9.76. The highest BCUT2D eigenvalue weighted by molar-refractivity contribution is 9.10. The van der Waals surface area contributed by atoms with Crippen LogP contribution in [0.5, 0.6) is 0 Å². The first-order valence-corrected chi connectivity index (χ1v) is 11.8. The van der Waals surface area contributed by atoms with E-state index in [4.69, 9.17) is 0 Å². The maximum absolute atomic E-state index is 12.4. The summed E-state index contributed by atoms with van der Waals surface area (Å²) in [6.07, 6.45) is 0. The van der Waals surface area contributed by atoms with Gasteiger partial charge in [-0.2, -0.15) is 0 Å². The van der Waals surface area contributed by atoms with Gasteiger partial charge in [0, 0.05) is 4.47 Å². The van der Waals surface area contributed by atoms with E-state index in [-0.39, 0.29) is 10.8 Å². The number of aliphatic hydroxyl groups is 1. The molecule has 0 fully saturated rings. The van der Waals surface area contributed by atoms with Crippen LogP contribution in [0, 0.1) is 13.8 Å². The lowest BCUT2D eigenvalue weighted by molar-refractivity contribution is 0.125. The highest BCUT2D eigenvalue weighted by Crippen LogP contribution is 2.41. The Morgan fingerprint density at radius 2 is 0.935 bits per heavy atom. The minimum atomic E-state index is -1.24. The van der Waals surface area contributed by atoms with Crippen molar-refractivity contribution < 1.29 is 5.11 Å². The van der Waals surface area contributed by atoms with Crippen molar-refractivity contribution >= 4 is 15.9 Å². The van der Waals surface area contributed by atoms with Crippen molar-refractivity contribution in [2.45, 2.75) is 71.8 Å². The lowest BCUT2D eigenvalue weighted by Gasteiger charge is -2.33. The highest BCUT2D eigenvalue weighted by Gasteiger charge is 2.36. The fraction of sp³-hybridized carbons (Fsp3) is 0.379. The maximum Gasteiger partial charge on any atom is 0.140 e. The molecule has 0 aromatic heterocycles. The Kier molecular flexibility index (Phi) is 6.30. The van der Waals surface area contributed by atoms with Gasteiger partial charge in [0.2, 0.25) is 0 Å². The van der Waals surface area contributed by atoms with Gasteiger partial charge in [0.15, 0.2) is 0 Å². The topological polar surface area (TPSA) is 20.2 Å². The number of aryl methyl sites for hydroxylation is 2. The summed E-state index contributed by atoms with van der Waals surface area (Å²) in [6, 6.07) is 21.1. The molecule has 0 spiro atoms. The van der Waals surface area contributed by atoms with Gasteiger partial charge in [-0.05, 0) is 69.7 Å². The molecular weight excluding hydrogens is 444 g/mol. The van der Waals surface area contributed by atoms with Crippen molar-refractivity contribution in [3.63, 3.8) is 0 Å². The van der Waals surface area contributed by atoms with Crippen molar-refractivity contribution in [3.05, 3.63) is 104 Å². The van der Waals surface area contributed by atoms with Gasteiger partial charge >= 0.3 is 0 Å². The van der Waals surface area contributed by atoms with Crippen LogP contribution in [0.25, 0.3) is 0 Å². The van der Waals surface area contributed by atoms with Crippen LogP contribution in [-0.4, -0.2) is 5.11 Å². The minimum Gasteiger partial charge on any atom is -0.376 e. The van der Waals surface area contributed by atoms with Gasteiger partial charge in [-0.15, -0.1) is 0 Å². The van der Waals surface area contributed by atoms with Crippen LogP contribution >= 0.6 is 15.9 Å². The molecule has 0 radical (unpaired) electrons. The summed E-state index contributed by atoms with van der Waals surface area (Å²) >= 11 is 3.68. The van der Waals surface area contributed by atoms with Crippen molar-refractivity contribution in [2.75, 3.05) is 0 Å². The standard InChI is InChI=1S/C29H35BrO/c1-19-17-20(2)26(30)18-25(19)29(31,23-13-9-21(10-14-23)27(3,4)5)24-15-11-22(12-16-24)28(6,7)8/h9-18,31H,1-8H3. The Bertz CT molecular complexity index is 1000. The molecule has 1 nitrogen and oxygen atoms in total. The molecule has 0 saturated heterocycles. The predicted octanol–water partition coefficient (Wildman–Crippen LogP) is 7.95. The number of hydrogen-bond acceptors (Lipinski definition) is 1. The average Bonchev–Trinajstić information content (AvgIpc) is 2.69. The number of benzene rings is 3. The molecule has 1 N–H and O–H groups in total. The molecular formula is C29H35BrO. The summed E-state index contributed by atoms with van der Waals surface area (Å²) in [4.78, 5) is 0. The molecule has 0 bridgehead atoms. The van der Waals surface area contributed by atoms with Crippen LogP contribution in [-0.2, 0) is 16.4 Å². The maximum atomic E-state index is 12.4. The first-order chi connectivity index (χ1) is 14.2. The van der Waals surface area contributed by atoms with Gasteiger partial charge in [-0.1, -0.05) is 112 Å². The zero-order valence-corrected chi connectivity index (χ0v) is 21.7. The average molecular weight is 480 g/mol. The lowest BCUT2D eigenvalue weighted by Crippen LogP contribution is -2.30. The van der Waals surface area contributed by atoms with E-state index in [9.17, 15) is 5.11 Å². The van der Waals surface area contributed by atoms with Gasteiger partial charge in [-0.3, -0.25) is 0 Å². The van der Waals surface area contributed by atoms with Crippen LogP contribution in [0.2, 0.25) is 0 Å². The molecule has 0 aliphatic rings. The molecule has 0 aliphatic heterocycles. The second-order valence-electron chi connectivity index (χ2n) is 10.8. The predicted molar refractivity (Wildman–Crippen MR) is 136 cm³/mol. The van der Waals surface area contributed by atoms with Gasteiger partial charge in [0.1, 0.15) is 5.60 Å². The van der Waals surface area contributed by atoms with Crippen LogP contribution in [0.1, 0.15) is 80.5 Å². The van der Waals surface area contributed by atoms with E-state index in [0.29, 0.717) is 0 Å². The Morgan fingerprint density at radius 3 is 1.29 bits per heavy atom. The van der Waals surface area contributed by atoms with E-state index in [1.54, 1.807) is 0 Å². The van der Waals surface area contributed by atoms with E-state index in [2.05, 4.69) is 132 Å². The number of hydrogen-bond donors (Lipinski definition) is 1. The summed E-state index contributed by atoms with van der Waals surface area (Å²) < 4.78 is 1.00. The van der Waals surface area contributed by atoms with E-state index >= 15 is 0 Å². The normalized spacial score (nSPS) is 12.8. The summed E-state index contributed by atoms with van der Waals surface area (Å²) in [5.74, 6) is 0. The minimum absolute atomic E-state index is 0.0633. The van der Waals surface area contributed by atoms with Gasteiger partial charge in [-0.25, -0.2) is 0 Å². The molecule has 2 heteroatoms. The molecule has 0 unspecified atom stereocenters. The Balaban J connectivity index is 2.25. The fourth-order valence-electron chi connectivity index (χ4n) is 4.12. The molecule has 0 atom stereocenters. The fourth-order valence-corrected chi connectivity index (χ4v) is 4.46. The number of rotatable bonds is 3. The first-order valence-electron chi connectivity index (χ1n) is 11.0. The molecule has 0 saturated carbocycles. The van der Waals surface area contributed by atoms with E-state index in [0.717, 1.165) is 32.3 Å². The van der Waals surface area contributed by atoms with Gasteiger partial charge in [0.05, 0.1) is 0 Å². The quantitative estimate of drug-likeness (QED) is 0.378. The second kappa shape index (κ2) is 8.22. The Labute approximate surface area is 196 Å². The molecule has 164 valence electrons. The van der Waals surface area contributed by atoms with Gasteiger partial charge < -0.3 is 5.11 Å². The SMILES string of the molecule is Cc1cc(C)c(C(O)(c2ccc(C(C)(C)C)cc2)c2ccc(C(C)(C)C)cc2)cc1Br. The monoisotopic (exact) mass is 478 g/mol. The van der Waals surface area contributed by atoms with Gasteiger partial charge in [0.25, 0.3) is 0 Å². The molecule has 3 rings (SSSR count). The zero-order valence-electron chi connectivity index (χ0n) is 20.1. The Hall–Kier alpha value is -1.90. The third-order valence-corrected chi connectivity index (χ3v) is 7.09. The molecule has 0 heterocycles. The third-order valence-electron chi connectivity index (χ3n) is 6.23. The van der Waals surface area contributed by atoms with Crippen molar-refractivity contribution in [3.8, 4) is 0 Å². The highest BCUT2D eigenvalue weighted by atomic mass is 79.9. The molecule has 3 aromatic carbocycles. The van der Waals surface area contributed by atoms with Crippen LogP contribution in [0.15, 0.2) is 65.1 Å². The van der Waals surface area contributed by atoms with E-state index in [1.807, 2.05) is 0 Å². The summed E-state index contributed by atoms with van der Waals surface area (Å²) in [5.41, 5.74) is 6.28. The smallest absolute Gasteiger partial charge is 0.140 e. The third kappa shape index (κ3) is 4.66. The van der Waals surface area contributed by atoms with E-state index < -0.39 is 5.60 Å². The van der Waals surface area contributed by atoms with Crippen molar-refractivity contribution in [1.82, 2.24) is 0 Å². The summed E-state index contributed by atoms with van der Waals surface area (Å²) in [6.45, 7) is 17.4. The van der Waals surface area contributed by atoms with E-state index in [1.165, 1.54) is 11.1 Å². The van der Waals surface area contributed by atoms with Crippen molar-refractivity contribution in [2.24, 2.45) is 0 Å². The first kappa shape index (κ1) is 23.8. The zero-order chi connectivity index (χ0) is 23.2. The number of halogens is 1. The second-order valence-corrected chi connectivity index (χ2v) is 11.6. The Morgan fingerprint density at radius 1 is 0.581 bits per heavy atom. The molecule has 3 aromatic rings. The summed E-state index contributed by atoms with van der Waals surface area (Å²) in [5, 5.41) is 12.4. The van der Waals surface area contributed by atoms with Crippen molar-refractivity contribution in [1.29, 1.82) is 0 Å². The molecule has 31 heavy (non-hydrogen) atoms. The largest absolute Gasteiger partial charge is 0.376 e. The summed E-state index contributed by atoms with van der Waals surface area (Å²) in [7, 11) is 0. The van der Waals surface area contributed by atoms with Crippen LogP contribution in [0.4, 0.5) is 0 Å². The molecule has 0 amide bonds. The van der Waals surface area contributed by atoms with Crippen LogP contribution in [0.3, 0.4) is 0 Å². The van der Waals surface area contributed by atoms with Crippen LogP contribution < -0.4 is 0 Å². The molecule has 0 aliphatic carbocycles.